The average molecular weight is 1250 g/mol. The number of carbonyl (C=O) groups excluding carboxylic acids is 1. The SMILES string of the molecule is CC1(C)OC[C@H](COc2cccc(N)n2)O1.CC1(C)OC[C@H](COc2cccc(NC(=O)N3c4nc(-c5cccc(C(F)(F)F)c5)ncc4N4CCC[C@H]3C4)n2)O1.FC(F)(F)c1cccc(-c2ncc3c(n2)N[C@H]2CCCN3C2)c1.S.S.S.S. The molecule has 456 valence electrons. The van der Waals surface area contributed by atoms with Crippen molar-refractivity contribution in [2.45, 2.75) is 102 Å². The third-order valence-electron chi connectivity index (χ3n) is 13.7. The Bertz CT molecular complexity index is 3200. The fraction of sp³-hybridized carbons (Fsp3) is 0.436. The number of hydrogen-bond acceptors (Lipinski definition) is 17. The lowest BCUT2D eigenvalue weighted by molar-refractivity contribution is -0.142. The standard InChI is InChI=1S/C28H29F3N6O4.C16H15F3N4.C11H16N2O3.4H2S/c1-27(2)40-16-20(41-27)15-39-23-10-4-9-22(33-23)34-26(38)37-19-8-5-11-36(14-19)21-13-32-24(35-25(21)37)17-6-3-7-18(12-17)28(29,30)31;17-16(18,19)11-4-1-3-10(7-11)14-20-8-13-15(22-14)21-12-5-2-6-23(13)9-12;1-11(2)15-7-8(16-11)6-14-10-5-3-4-9(12)13-10;;;;/h3-4,6-7,9-10,12-13,19-20H,5,8,11,14-16H2,1-2H3,(H,33,34,38);1,3-4,7-8,12H,2,5-6,9H2,(H,20,21,22);3-5,8H,6-7H2,1-2H3,(H2,12,13);4*1H2/t19-,20-;12-;8-;;;;/m000..../s1. The van der Waals surface area contributed by atoms with Crippen LogP contribution < -0.4 is 40.5 Å². The van der Waals surface area contributed by atoms with Crippen molar-refractivity contribution < 1.29 is 59.6 Å². The first-order valence-electron chi connectivity index (χ1n) is 26.2. The Morgan fingerprint density at radius 1 is 0.679 bits per heavy atom. The lowest BCUT2D eigenvalue weighted by Crippen LogP contribution is -2.56. The molecule has 4 bridgehead atoms. The minimum atomic E-state index is -4.50. The molecule has 4 N–H and O–H groups in total. The van der Waals surface area contributed by atoms with E-state index in [4.69, 9.17) is 34.2 Å². The van der Waals surface area contributed by atoms with Gasteiger partial charge in [-0.05, 0) is 89.8 Å². The highest BCUT2D eigenvalue weighted by Gasteiger charge is 2.40. The molecule has 2 amide bonds. The predicted octanol–water partition coefficient (Wildman–Crippen LogP) is 10.3. The number of nitrogen functional groups attached to an aromatic ring is 1. The third-order valence-corrected chi connectivity index (χ3v) is 13.7. The first kappa shape index (κ1) is 66.9. The smallest absolute Gasteiger partial charge is 0.416 e. The van der Waals surface area contributed by atoms with E-state index in [0.717, 1.165) is 75.3 Å². The summed E-state index contributed by atoms with van der Waals surface area (Å²) < 4.78 is 112. The molecule has 0 aliphatic carbocycles. The quantitative estimate of drug-likeness (QED) is 0.115. The fourth-order valence-electron chi connectivity index (χ4n) is 10.0. The van der Waals surface area contributed by atoms with Crippen molar-refractivity contribution in [2.24, 2.45) is 0 Å². The third kappa shape index (κ3) is 16.6. The molecule has 0 unspecified atom stereocenters. The Hall–Kier alpha value is -6.21. The fourth-order valence-corrected chi connectivity index (χ4v) is 10.0. The Morgan fingerprint density at radius 3 is 1.76 bits per heavy atom. The van der Waals surface area contributed by atoms with Gasteiger partial charge in [0, 0.05) is 55.5 Å². The summed E-state index contributed by atoms with van der Waals surface area (Å²) in [5, 5.41) is 6.21. The molecule has 4 atom stereocenters. The Balaban J connectivity index is 0.000000222. The largest absolute Gasteiger partial charge is 0.475 e. The number of nitrogens with two attached hydrogens (primary N) is 1. The molecule has 6 aliphatic rings. The number of piperidine rings is 2. The van der Waals surface area contributed by atoms with Crippen LogP contribution >= 0.6 is 54.0 Å². The second kappa shape index (κ2) is 27.9. The number of hydrogen-bond donors (Lipinski definition) is 3. The lowest BCUT2D eigenvalue weighted by Gasteiger charge is -2.45. The maximum atomic E-state index is 13.7. The van der Waals surface area contributed by atoms with Gasteiger partial charge in [-0.15, -0.1) is 0 Å². The summed E-state index contributed by atoms with van der Waals surface area (Å²) in [6.45, 7) is 12.3. The van der Waals surface area contributed by atoms with Gasteiger partial charge in [-0.1, -0.05) is 36.4 Å². The van der Waals surface area contributed by atoms with Gasteiger partial charge in [0.1, 0.15) is 37.1 Å². The van der Waals surface area contributed by atoms with E-state index in [9.17, 15) is 31.1 Å². The number of benzene rings is 2. The van der Waals surface area contributed by atoms with E-state index in [1.165, 1.54) is 18.2 Å². The zero-order chi connectivity index (χ0) is 56.4. The number of anilines is 6. The van der Waals surface area contributed by atoms with E-state index in [2.05, 4.69) is 50.3 Å². The van der Waals surface area contributed by atoms with Crippen LogP contribution in [0, 0.1) is 0 Å². The summed E-state index contributed by atoms with van der Waals surface area (Å²) in [6.07, 6.45) is -2.07. The molecule has 4 saturated heterocycles. The maximum absolute atomic E-state index is 13.7. The molecule has 29 heteroatoms. The number of fused-ring (bicyclic) bond motifs is 8. The molecule has 0 spiro atoms. The summed E-state index contributed by atoms with van der Waals surface area (Å²) in [7, 11) is 0. The van der Waals surface area contributed by atoms with E-state index in [1.54, 1.807) is 59.8 Å². The van der Waals surface area contributed by atoms with Crippen LogP contribution in [-0.2, 0) is 31.3 Å². The normalized spacial score (nSPS) is 20.3. The number of carbonyl (C=O) groups is 1. The van der Waals surface area contributed by atoms with Gasteiger partial charge in [-0.3, -0.25) is 10.2 Å². The summed E-state index contributed by atoms with van der Waals surface area (Å²) in [5.41, 5.74) is 6.21. The van der Waals surface area contributed by atoms with Crippen LogP contribution in [0.5, 0.6) is 11.8 Å². The summed E-state index contributed by atoms with van der Waals surface area (Å²) in [6, 6.07) is 20.0. The topological polar surface area (TPSA) is 210 Å². The predicted molar refractivity (Wildman–Crippen MR) is 326 cm³/mol. The second-order valence-corrected chi connectivity index (χ2v) is 20.7. The van der Waals surface area contributed by atoms with Crippen molar-refractivity contribution in [1.29, 1.82) is 0 Å². The van der Waals surface area contributed by atoms with Gasteiger partial charge >= 0.3 is 18.4 Å². The van der Waals surface area contributed by atoms with Gasteiger partial charge in [0.25, 0.3) is 0 Å². The van der Waals surface area contributed by atoms with Crippen molar-refractivity contribution in [3.8, 4) is 34.5 Å². The first-order chi connectivity index (χ1) is 38.1. The van der Waals surface area contributed by atoms with Crippen LogP contribution in [0.4, 0.5) is 65.8 Å². The van der Waals surface area contributed by atoms with Crippen LogP contribution in [0.2, 0.25) is 0 Å². The van der Waals surface area contributed by atoms with Gasteiger partial charge in [-0.2, -0.15) is 90.3 Å². The van der Waals surface area contributed by atoms with Crippen LogP contribution in [-0.4, -0.2) is 124 Å². The number of halogens is 6. The van der Waals surface area contributed by atoms with Crippen LogP contribution in [0.25, 0.3) is 22.8 Å². The highest BCUT2D eigenvalue weighted by molar-refractivity contribution is 7.59. The van der Waals surface area contributed by atoms with E-state index in [-0.39, 0.29) is 96.0 Å². The second-order valence-electron chi connectivity index (χ2n) is 20.7. The molecule has 2 aromatic carbocycles. The summed E-state index contributed by atoms with van der Waals surface area (Å²) in [5.74, 6) is 1.83. The van der Waals surface area contributed by atoms with Crippen molar-refractivity contribution >= 4 is 94.7 Å². The minimum Gasteiger partial charge on any atom is -0.475 e. The molecule has 0 radical (unpaired) electrons. The van der Waals surface area contributed by atoms with E-state index >= 15 is 0 Å². The number of alkyl halides is 6. The number of pyridine rings is 2. The molecular weight excluding hydrogens is 1180 g/mol. The van der Waals surface area contributed by atoms with E-state index in [1.807, 2.05) is 27.7 Å². The summed E-state index contributed by atoms with van der Waals surface area (Å²) in [4.78, 5) is 45.7. The maximum Gasteiger partial charge on any atom is 0.416 e. The van der Waals surface area contributed by atoms with Crippen LogP contribution in [0.3, 0.4) is 0 Å². The molecule has 6 aliphatic heterocycles. The molecule has 4 aromatic heterocycles. The van der Waals surface area contributed by atoms with Gasteiger partial charge in [0.15, 0.2) is 34.9 Å². The molecular formula is C55H68F6N12O7S4. The Morgan fingerprint density at radius 2 is 1.20 bits per heavy atom. The monoisotopic (exact) mass is 1250 g/mol. The first-order valence-corrected chi connectivity index (χ1v) is 26.2. The van der Waals surface area contributed by atoms with Crippen LogP contribution in [0.1, 0.15) is 64.5 Å². The van der Waals surface area contributed by atoms with Gasteiger partial charge < -0.3 is 49.3 Å². The molecule has 84 heavy (non-hydrogen) atoms. The Labute approximate surface area is 509 Å². The number of urea groups is 1. The number of nitrogens with one attached hydrogen (secondary N) is 2. The molecule has 19 nitrogen and oxygen atoms in total. The van der Waals surface area contributed by atoms with Crippen molar-refractivity contribution in [1.82, 2.24) is 29.9 Å². The molecule has 0 saturated carbocycles. The highest BCUT2D eigenvalue weighted by Crippen LogP contribution is 2.41. The van der Waals surface area contributed by atoms with Crippen molar-refractivity contribution in [3.63, 3.8) is 0 Å². The highest BCUT2D eigenvalue weighted by atomic mass is 32.1. The number of ether oxygens (including phenoxy) is 6. The van der Waals surface area contributed by atoms with Gasteiger partial charge in [-0.25, -0.2) is 24.7 Å². The molecule has 4 fully saturated rings. The Kier molecular flexibility index (Phi) is 22.2. The number of aromatic nitrogens is 6. The molecule has 10 heterocycles. The van der Waals surface area contributed by atoms with E-state index in [0.29, 0.717) is 78.7 Å². The van der Waals surface area contributed by atoms with Gasteiger partial charge in [0.05, 0.1) is 54.2 Å². The minimum absolute atomic E-state index is 0. The van der Waals surface area contributed by atoms with Crippen molar-refractivity contribution in [2.75, 3.05) is 83.7 Å². The molecule has 6 aromatic rings. The number of rotatable bonds is 9. The number of nitrogens with zero attached hydrogens (tertiary/aromatic N) is 9. The van der Waals surface area contributed by atoms with E-state index < -0.39 is 41.1 Å². The zero-order valence-corrected chi connectivity index (χ0v) is 50.3. The number of amides is 2. The average Bonchev–Trinajstić information content (AvgIpc) is 4.03. The van der Waals surface area contributed by atoms with Crippen LogP contribution in [0.15, 0.2) is 97.3 Å². The lowest BCUT2D eigenvalue weighted by atomic mass is 10.0. The zero-order valence-electron chi connectivity index (χ0n) is 46.3. The summed E-state index contributed by atoms with van der Waals surface area (Å²) >= 11 is 0. The molecule has 12 rings (SSSR count). The van der Waals surface area contributed by atoms with Crippen molar-refractivity contribution in [3.05, 3.63) is 108 Å². The van der Waals surface area contributed by atoms with Gasteiger partial charge in [0.2, 0.25) is 11.8 Å².